The Bertz CT molecular complexity index is 1180. The van der Waals surface area contributed by atoms with Crippen molar-refractivity contribution in [3.8, 4) is 0 Å². The molecule has 0 radical (unpaired) electrons. The van der Waals surface area contributed by atoms with E-state index in [9.17, 15) is 0 Å². The van der Waals surface area contributed by atoms with E-state index in [1.807, 2.05) is 36.4 Å². The molecule has 0 aliphatic rings. The van der Waals surface area contributed by atoms with Gasteiger partial charge >= 0.3 is 0 Å². The number of thiazole rings is 2. The Kier molecular flexibility index (Phi) is 10.2. The number of anilines is 1. The van der Waals surface area contributed by atoms with Gasteiger partial charge in [-0.05, 0) is 30.7 Å². The molecule has 0 saturated carbocycles. The Labute approximate surface area is 215 Å². The summed E-state index contributed by atoms with van der Waals surface area (Å²) in [5.74, 6) is 0.683. The van der Waals surface area contributed by atoms with E-state index in [2.05, 4.69) is 49.8 Å². The maximum Gasteiger partial charge on any atom is 0.231 e. The second-order valence-electron chi connectivity index (χ2n) is 8.72. The van der Waals surface area contributed by atoms with E-state index in [-0.39, 0.29) is 0 Å². The van der Waals surface area contributed by atoms with Gasteiger partial charge in [0, 0.05) is 6.42 Å². The first-order valence-corrected chi connectivity index (χ1v) is 14.4. The second kappa shape index (κ2) is 14.0. The minimum Gasteiger partial charge on any atom is -0.251 e. The van der Waals surface area contributed by atoms with Crippen LogP contribution in [0.1, 0.15) is 77.6 Å². The predicted molar refractivity (Wildman–Crippen MR) is 151 cm³/mol. The maximum atomic E-state index is 4.61. The number of hydrazone groups is 1. The zero-order chi connectivity index (χ0) is 24.1. The van der Waals surface area contributed by atoms with E-state index in [1.54, 1.807) is 22.7 Å². The largest absolute Gasteiger partial charge is 0.251 e. The molecule has 0 bridgehead atoms. The van der Waals surface area contributed by atoms with Crippen LogP contribution >= 0.6 is 22.7 Å². The van der Waals surface area contributed by atoms with Crippen LogP contribution in [-0.2, 0) is 0 Å². The number of nitrogens with zero attached hydrogens (tertiary/aromatic N) is 5. The van der Waals surface area contributed by atoms with Crippen molar-refractivity contribution in [2.75, 3.05) is 5.43 Å². The summed E-state index contributed by atoms with van der Waals surface area (Å²) in [6.07, 6.45) is 13.8. The van der Waals surface area contributed by atoms with Gasteiger partial charge in [-0.15, -0.1) is 10.2 Å². The zero-order valence-corrected chi connectivity index (χ0v) is 22.1. The van der Waals surface area contributed by atoms with Gasteiger partial charge < -0.3 is 0 Å². The van der Waals surface area contributed by atoms with Gasteiger partial charge in [-0.2, -0.15) is 5.10 Å². The van der Waals surface area contributed by atoms with Crippen molar-refractivity contribution in [2.45, 2.75) is 77.6 Å². The molecule has 0 fully saturated rings. The third kappa shape index (κ3) is 8.18. The SMILES string of the molecule is CCCCCCCCCCCCC(N=Nc1nc2ccccc2s1)=NNc1nc2ccccc2s1. The smallest absolute Gasteiger partial charge is 0.231 e. The van der Waals surface area contributed by atoms with Gasteiger partial charge in [-0.1, -0.05) is 112 Å². The lowest BCUT2D eigenvalue weighted by molar-refractivity contribution is 0.559. The van der Waals surface area contributed by atoms with Crippen LogP contribution in [0.2, 0.25) is 0 Å². The number of rotatable bonds is 14. The molecule has 4 aromatic rings. The molecule has 2 aromatic heterocycles. The van der Waals surface area contributed by atoms with Crippen molar-refractivity contribution < 1.29 is 0 Å². The summed E-state index contributed by atoms with van der Waals surface area (Å²) in [7, 11) is 0. The minimum absolute atomic E-state index is 0.655. The van der Waals surface area contributed by atoms with Gasteiger partial charge in [0.2, 0.25) is 10.3 Å². The highest BCUT2D eigenvalue weighted by Crippen LogP contribution is 2.28. The average Bonchev–Trinajstić information content (AvgIpc) is 3.49. The van der Waals surface area contributed by atoms with Crippen LogP contribution < -0.4 is 5.43 Å². The van der Waals surface area contributed by atoms with Crippen molar-refractivity contribution in [1.82, 2.24) is 9.97 Å². The topological polar surface area (TPSA) is 74.9 Å². The first-order chi connectivity index (χ1) is 17.3. The third-order valence-electron chi connectivity index (χ3n) is 5.86. The van der Waals surface area contributed by atoms with Crippen LogP contribution in [0.4, 0.5) is 10.3 Å². The molecule has 4 rings (SSSR count). The highest BCUT2D eigenvalue weighted by molar-refractivity contribution is 7.22. The molecule has 2 heterocycles. The summed E-state index contributed by atoms with van der Waals surface area (Å²) in [6.45, 7) is 2.27. The van der Waals surface area contributed by atoms with Gasteiger partial charge in [0.1, 0.15) is 0 Å². The highest BCUT2D eigenvalue weighted by atomic mass is 32.1. The van der Waals surface area contributed by atoms with Crippen LogP contribution in [0.5, 0.6) is 0 Å². The Morgan fingerprint density at radius 3 is 2.00 bits per heavy atom. The molecule has 0 atom stereocenters. The van der Waals surface area contributed by atoms with E-state index in [0.717, 1.165) is 38.4 Å². The molecular formula is C27H34N6S2. The van der Waals surface area contributed by atoms with Gasteiger partial charge in [0.15, 0.2) is 5.84 Å². The van der Waals surface area contributed by atoms with Gasteiger partial charge in [0.25, 0.3) is 0 Å². The van der Waals surface area contributed by atoms with Crippen LogP contribution in [0, 0.1) is 0 Å². The van der Waals surface area contributed by atoms with Crippen molar-refractivity contribution in [1.29, 1.82) is 0 Å². The third-order valence-corrected chi connectivity index (χ3v) is 7.72. The lowest BCUT2D eigenvalue weighted by Crippen LogP contribution is -1.99. The molecule has 6 nitrogen and oxygen atoms in total. The first kappa shape index (κ1) is 25.4. The van der Waals surface area contributed by atoms with Crippen molar-refractivity contribution in [3.05, 3.63) is 48.5 Å². The number of amidine groups is 1. The molecule has 1 N–H and O–H groups in total. The number of fused-ring (bicyclic) bond motifs is 2. The highest BCUT2D eigenvalue weighted by Gasteiger charge is 2.06. The number of unbranched alkanes of at least 4 members (excludes halogenated alkanes) is 9. The summed E-state index contributed by atoms with van der Waals surface area (Å²) in [4.78, 5) is 9.17. The van der Waals surface area contributed by atoms with Crippen LogP contribution in [0.15, 0.2) is 63.9 Å². The molecule has 8 heteroatoms. The molecule has 35 heavy (non-hydrogen) atoms. The summed E-state index contributed by atoms with van der Waals surface area (Å²) < 4.78 is 2.25. The Morgan fingerprint density at radius 1 is 0.743 bits per heavy atom. The van der Waals surface area contributed by atoms with E-state index in [1.165, 1.54) is 57.8 Å². The van der Waals surface area contributed by atoms with Crippen LogP contribution in [-0.4, -0.2) is 15.8 Å². The summed E-state index contributed by atoms with van der Waals surface area (Å²) in [5, 5.41) is 14.9. The normalized spacial score (nSPS) is 12.3. The molecule has 2 aromatic carbocycles. The van der Waals surface area contributed by atoms with E-state index in [0.29, 0.717) is 11.0 Å². The zero-order valence-electron chi connectivity index (χ0n) is 20.4. The lowest BCUT2D eigenvalue weighted by atomic mass is 10.1. The molecule has 0 amide bonds. The Hall–Kier alpha value is -2.71. The van der Waals surface area contributed by atoms with E-state index >= 15 is 0 Å². The Balaban J connectivity index is 1.32. The first-order valence-electron chi connectivity index (χ1n) is 12.8. The summed E-state index contributed by atoms with van der Waals surface area (Å²) in [5.41, 5.74) is 5.03. The van der Waals surface area contributed by atoms with Gasteiger partial charge in [0.05, 0.1) is 20.4 Å². The van der Waals surface area contributed by atoms with Gasteiger partial charge in [-0.3, -0.25) is 5.43 Å². The average molecular weight is 507 g/mol. The monoisotopic (exact) mass is 506 g/mol. The molecule has 0 aliphatic heterocycles. The maximum absolute atomic E-state index is 4.61. The minimum atomic E-state index is 0.655. The quantitative estimate of drug-likeness (QED) is 0.0608. The second-order valence-corrected chi connectivity index (χ2v) is 10.8. The molecule has 0 aliphatic carbocycles. The van der Waals surface area contributed by atoms with Crippen molar-refractivity contribution in [3.63, 3.8) is 0 Å². The fraction of sp³-hybridized carbons (Fsp3) is 0.444. The number of nitrogens with one attached hydrogen (secondary N) is 1. The summed E-state index contributed by atoms with van der Waals surface area (Å²) in [6, 6.07) is 16.2. The number of aromatic nitrogens is 2. The fourth-order valence-electron chi connectivity index (χ4n) is 3.93. The molecular weight excluding hydrogens is 472 g/mol. The van der Waals surface area contributed by atoms with Crippen LogP contribution in [0.3, 0.4) is 0 Å². The van der Waals surface area contributed by atoms with E-state index < -0.39 is 0 Å². The predicted octanol–water partition coefficient (Wildman–Crippen LogP) is 9.73. The number of para-hydroxylation sites is 2. The van der Waals surface area contributed by atoms with Crippen molar-refractivity contribution in [2.24, 2.45) is 15.3 Å². The molecule has 0 saturated heterocycles. The van der Waals surface area contributed by atoms with Crippen LogP contribution in [0.25, 0.3) is 20.4 Å². The van der Waals surface area contributed by atoms with E-state index in [4.69, 9.17) is 0 Å². The lowest BCUT2D eigenvalue weighted by Gasteiger charge is -2.03. The fourth-order valence-corrected chi connectivity index (χ4v) is 5.53. The molecule has 184 valence electrons. The standard InChI is InChI=1S/C27H34N6S2/c1-2-3-4-5-6-7-8-9-10-11-20-25(30-32-26-28-21-16-12-14-18-23(21)34-26)31-33-27-29-22-17-13-15-19-24(22)35-27/h12-19H,2-11,20H2,1H3,(H,28,32). The summed E-state index contributed by atoms with van der Waals surface area (Å²) >= 11 is 3.13. The molecule has 0 spiro atoms. The Morgan fingerprint density at radius 2 is 1.34 bits per heavy atom. The molecule has 0 unspecified atom stereocenters. The number of benzene rings is 2. The van der Waals surface area contributed by atoms with Crippen molar-refractivity contribution >= 4 is 59.2 Å². The number of azo groups is 1. The number of hydrogen-bond donors (Lipinski definition) is 1. The number of hydrogen-bond acceptors (Lipinski definition) is 7. The van der Waals surface area contributed by atoms with Gasteiger partial charge in [-0.25, -0.2) is 9.97 Å².